The summed E-state index contributed by atoms with van der Waals surface area (Å²) in [5.41, 5.74) is 1.12. The highest BCUT2D eigenvalue weighted by Gasteiger charge is 2.38. The fourth-order valence-electron chi connectivity index (χ4n) is 2.09. The molecule has 0 spiro atoms. The highest BCUT2D eigenvalue weighted by atomic mass is 79.9. The Bertz CT molecular complexity index is 503. The first kappa shape index (κ1) is 15.5. The summed E-state index contributed by atoms with van der Waals surface area (Å²) in [6.07, 6.45) is 1.33. The van der Waals surface area contributed by atoms with E-state index < -0.39 is 0 Å². The number of nitrogens with zero attached hydrogens (tertiary/aromatic N) is 1. The third-order valence-electron chi connectivity index (χ3n) is 3.55. The van der Waals surface area contributed by atoms with Crippen LogP contribution in [-0.4, -0.2) is 30.3 Å². The van der Waals surface area contributed by atoms with E-state index in [1.165, 1.54) is 0 Å². The second kappa shape index (κ2) is 6.72. The molecule has 0 unspecified atom stereocenters. The van der Waals surface area contributed by atoms with E-state index in [1.807, 2.05) is 11.4 Å². The van der Waals surface area contributed by atoms with Crippen molar-refractivity contribution in [1.82, 2.24) is 10.2 Å². The normalized spacial score (nSPS) is 20.6. The highest BCUT2D eigenvalue weighted by Crippen LogP contribution is 2.37. The quantitative estimate of drug-likeness (QED) is 0.849. The molecule has 1 aliphatic rings. The number of amides is 2. The summed E-state index contributed by atoms with van der Waals surface area (Å²) in [6, 6.07) is 2.02. The van der Waals surface area contributed by atoms with E-state index in [4.69, 9.17) is 0 Å². The smallest absolute Gasteiger partial charge is 0.224 e. The van der Waals surface area contributed by atoms with Crippen LogP contribution in [0, 0.1) is 11.8 Å². The van der Waals surface area contributed by atoms with Gasteiger partial charge in [0.1, 0.15) is 0 Å². The molecule has 1 aromatic rings. The van der Waals surface area contributed by atoms with Crippen LogP contribution in [0.3, 0.4) is 0 Å². The van der Waals surface area contributed by atoms with Crippen molar-refractivity contribution in [2.24, 2.45) is 11.8 Å². The Morgan fingerprint density at radius 3 is 2.80 bits per heavy atom. The third-order valence-corrected chi connectivity index (χ3v) is 5.10. The van der Waals surface area contributed by atoms with Crippen molar-refractivity contribution in [3.05, 3.63) is 20.8 Å². The molecule has 1 fully saturated rings. The number of halogens is 1. The molecule has 2 rings (SSSR count). The lowest BCUT2D eigenvalue weighted by Crippen LogP contribution is -2.32. The SMILES string of the molecule is C[C@H]1C[C@@H]1C(=O)NCCC(=O)N(C)Cc1csc(Br)c1. The Hall–Kier alpha value is -0.880. The Balaban J connectivity index is 1.67. The Morgan fingerprint density at radius 2 is 2.25 bits per heavy atom. The van der Waals surface area contributed by atoms with E-state index in [1.54, 1.807) is 23.3 Å². The van der Waals surface area contributed by atoms with Gasteiger partial charge in [-0.05, 0) is 45.3 Å². The predicted octanol–water partition coefficient (Wildman–Crippen LogP) is 2.63. The van der Waals surface area contributed by atoms with Gasteiger partial charge in [-0.1, -0.05) is 6.92 Å². The van der Waals surface area contributed by atoms with Crippen molar-refractivity contribution < 1.29 is 9.59 Å². The van der Waals surface area contributed by atoms with Gasteiger partial charge < -0.3 is 10.2 Å². The zero-order valence-electron chi connectivity index (χ0n) is 11.7. The number of hydrogen-bond donors (Lipinski definition) is 1. The highest BCUT2D eigenvalue weighted by molar-refractivity contribution is 9.11. The minimum atomic E-state index is 0.0523. The molecule has 1 saturated carbocycles. The summed E-state index contributed by atoms with van der Waals surface area (Å²) in [6.45, 7) is 3.11. The molecule has 1 N–H and O–H groups in total. The zero-order chi connectivity index (χ0) is 14.7. The van der Waals surface area contributed by atoms with Crippen molar-refractivity contribution in [2.45, 2.75) is 26.3 Å². The van der Waals surface area contributed by atoms with Gasteiger partial charge in [0.15, 0.2) is 0 Å². The first-order chi connectivity index (χ1) is 9.47. The molecule has 0 bridgehead atoms. The summed E-state index contributed by atoms with van der Waals surface area (Å²) in [5, 5.41) is 4.87. The lowest BCUT2D eigenvalue weighted by molar-refractivity contribution is -0.130. The van der Waals surface area contributed by atoms with Crippen molar-refractivity contribution in [3.8, 4) is 0 Å². The van der Waals surface area contributed by atoms with Gasteiger partial charge in [-0.15, -0.1) is 11.3 Å². The maximum atomic E-state index is 12.0. The molecule has 0 aliphatic heterocycles. The molecule has 1 aromatic heterocycles. The molecule has 4 nitrogen and oxygen atoms in total. The van der Waals surface area contributed by atoms with E-state index in [9.17, 15) is 9.59 Å². The maximum Gasteiger partial charge on any atom is 0.224 e. The van der Waals surface area contributed by atoms with Gasteiger partial charge in [0, 0.05) is 32.5 Å². The second-order valence-corrected chi connectivity index (χ2v) is 7.66. The van der Waals surface area contributed by atoms with Crippen LogP contribution in [0.25, 0.3) is 0 Å². The Morgan fingerprint density at radius 1 is 1.55 bits per heavy atom. The average molecular weight is 359 g/mol. The largest absolute Gasteiger partial charge is 0.355 e. The van der Waals surface area contributed by atoms with Crippen LogP contribution >= 0.6 is 27.3 Å². The standard InChI is InChI=1S/C14H19BrN2O2S/c1-9-5-11(9)14(19)16-4-3-13(18)17(2)7-10-6-12(15)20-8-10/h6,8-9,11H,3-5,7H2,1-2H3,(H,16,19)/t9-,11-/m0/s1. The van der Waals surface area contributed by atoms with Gasteiger partial charge in [0.25, 0.3) is 0 Å². The summed E-state index contributed by atoms with van der Waals surface area (Å²) < 4.78 is 1.07. The minimum absolute atomic E-state index is 0.0523. The lowest BCUT2D eigenvalue weighted by atomic mass is 10.3. The molecule has 6 heteroatoms. The van der Waals surface area contributed by atoms with Crippen LogP contribution in [0.4, 0.5) is 0 Å². The fraction of sp³-hybridized carbons (Fsp3) is 0.571. The van der Waals surface area contributed by atoms with Crippen molar-refractivity contribution in [3.63, 3.8) is 0 Å². The summed E-state index contributed by atoms with van der Waals surface area (Å²) in [7, 11) is 1.79. The van der Waals surface area contributed by atoms with Crippen molar-refractivity contribution in [2.75, 3.05) is 13.6 Å². The van der Waals surface area contributed by atoms with E-state index in [0.717, 1.165) is 15.8 Å². The average Bonchev–Trinajstić information content (AvgIpc) is 2.99. The number of carbonyl (C=O) groups excluding carboxylic acids is 2. The van der Waals surface area contributed by atoms with Gasteiger partial charge >= 0.3 is 0 Å². The molecule has 1 aliphatic carbocycles. The number of nitrogens with one attached hydrogen (secondary N) is 1. The molecule has 0 radical (unpaired) electrons. The van der Waals surface area contributed by atoms with E-state index in [-0.39, 0.29) is 17.7 Å². The molecule has 1 heterocycles. The van der Waals surface area contributed by atoms with Crippen LogP contribution < -0.4 is 5.32 Å². The first-order valence-corrected chi connectivity index (χ1v) is 8.39. The molecular weight excluding hydrogens is 340 g/mol. The van der Waals surface area contributed by atoms with E-state index in [0.29, 0.717) is 25.4 Å². The van der Waals surface area contributed by atoms with Gasteiger partial charge in [0.2, 0.25) is 11.8 Å². The Labute approximate surface area is 131 Å². The van der Waals surface area contributed by atoms with Crippen LogP contribution in [0.1, 0.15) is 25.3 Å². The van der Waals surface area contributed by atoms with Crippen LogP contribution in [0.5, 0.6) is 0 Å². The van der Waals surface area contributed by atoms with E-state index in [2.05, 4.69) is 28.2 Å². The predicted molar refractivity (Wildman–Crippen MR) is 83.4 cm³/mol. The van der Waals surface area contributed by atoms with Gasteiger partial charge in [0.05, 0.1) is 3.79 Å². The molecule has 20 heavy (non-hydrogen) atoms. The Kier molecular flexibility index (Phi) is 5.21. The van der Waals surface area contributed by atoms with E-state index >= 15 is 0 Å². The van der Waals surface area contributed by atoms with Crippen LogP contribution in [0.15, 0.2) is 15.2 Å². The number of hydrogen-bond acceptors (Lipinski definition) is 3. The van der Waals surface area contributed by atoms with Crippen molar-refractivity contribution in [1.29, 1.82) is 0 Å². The number of thiophene rings is 1. The third kappa shape index (κ3) is 4.31. The monoisotopic (exact) mass is 358 g/mol. The first-order valence-electron chi connectivity index (χ1n) is 6.72. The van der Waals surface area contributed by atoms with Crippen LogP contribution in [-0.2, 0) is 16.1 Å². The molecule has 110 valence electrons. The molecule has 2 atom stereocenters. The topological polar surface area (TPSA) is 49.4 Å². The second-order valence-electron chi connectivity index (χ2n) is 5.37. The number of carbonyl (C=O) groups is 2. The van der Waals surface area contributed by atoms with Crippen molar-refractivity contribution >= 4 is 39.1 Å². The summed E-state index contributed by atoms with van der Waals surface area (Å²) >= 11 is 5.02. The maximum absolute atomic E-state index is 12.0. The van der Waals surface area contributed by atoms with Gasteiger partial charge in [-0.25, -0.2) is 0 Å². The summed E-state index contributed by atoms with van der Waals surface area (Å²) in [4.78, 5) is 25.3. The number of rotatable bonds is 6. The summed E-state index contributed by atoms with van der Waals surface area (Å²) in [5.74, 6) is 0.822. The molecular formula is C14H19BrN2O2S. The van der Waals surface area contributed by atoms with Gasteiger partial charge in [-0.3, -0.25) is 9.59 Å². The van der Waals surface area contributed by atoms with Crippen LogP contribution in [0.2, 0.25) is 0 Å². The molecule has 0 aromatic carbocycles. The minimum Gasteiger partial charge on any atom is -0.355 e. The lowest BCUT2D eigenvalue weighted by Gasteiger charge is -2.16. The zero-order valence-corrected chi connectivity index (χ0v) is 14.1. The van der Waals surface area contributed by atoms with Gasteiger partial charge in [-0.2, -0.15) is 0 Å². The molecule has 2 amide bonds. The molecule has 0 saturated heterocycles. The fourth-order valence-corrected chi connectivity index (χ4v) is 3.29.